The molecule has 3 heterocycles. The minimum Gasteiger partial charge on any atom is -0.338 e. The Morgan fingerprint density at radius 2 is 1.92 bits per heavy atom. The molecule has 4 rings (SSSR count). The lowest BCUT2D eigenvalue weighted by molar-refractivity contribution is 0.168. The van der Waals surface area contributed by atoms with Gasteiger partial charge in [-0.1, -0.05) is 6.07 Å². The molecule has 0 spiro atoms. The van der Waals surface area contributed by atoms with Crippen molar-refractivity contribution in [1.82, 2.24) is 19.7 Å². The Bertz CT molecular complexity index is 664. The summed E-state index contributed by atoms with van der Waals surface area (Å²) in [6.07, 6.45) is 3.78. The molecule has 5 nitrogen and oxygen atoms in total. The van der Waals surface area contributed by atoms with E-state index >= 15 is 0 Å². The van der Waals surface area contributed by atoms with Gasteiger partial charge in [-0.05, 0) is 51.1 Å². The summed E-state index contributed by atoms with van der Waals surface area (Å²) in [5.41, 5.74) is 0. The number of anilines is 1. The van der Waals surface area contributed by atoms with Crippen LogP contribution in [0.5, 0.6) is 0 Å². The minimum atomic E-state index is 0.535. The molecule has 0 aromatic carbocycles. The molecule has 24 heavy (non-hydrogen) atoms. The molecule has 2 fully saturated rings. The number of hydrogen-bond acceptors (Lipinski definition) is 5. The first-order chi connectivity index (χ1) is 11.6. The van der Waals surface area contributed by atoms with Crippen molar-refractivity contribution >= 4 is 17.3 Å². The Labute approximate surface area is 148 Å². The molecule has 2 aromatic rings. The van der Waals surface area contributed by atoms with Crippen LogP contribution in [-0.2, 0) is 13.0 Å². The van der Waals surface area contributed by atoms with Crippen LogP contribution in [0.4, 0.5) is 5.95 Å². The van der Waals surface area contributed by atoms with Gasteiger partial charge in [-0.2, -0.15) is 0 Å². The zero-order chi connectivity index (χ0) is 16.7. The molecule has 0 bridgehead atoms. The fraction of sp³-hybridized carbons (Fsp3) is 0.667. The van der Waals surface area contributed by atoms with E-state index in [9.17, 15) is 0 Å². The Morgan fingerprint density at radius 3 is 2.54 bits per heavy atom. The van der Waals surface area contributed by atoms with Gasteiger partial charge >= 0.3 is 0 Å². The van der Waals surface area contributed by atoms with Gasteiger partial charge in [-0.15, -0.1) is 21.5 Å². The van der Waals surface area contributed by atoms with E-state index in [1.807, 2.05) is 11.3 Å². The van der Waals surface area contributed by atoms with Crippen molar-refractivity contribution in [2.24, 2.45) is 5.92 Å². The Hall–Kier alpha value is -1.40. The van der Waals surface area contributed by atoms with Gasteiger partial charge in [0.25, 0.3) is 0 Å². The summed E-state index contributed by atoms with van der Waals surface area (Å²) in [5.74, 6) is 3.06. The Kier molecular flexibility index (Phi) is 4.35. The van der Waals surface area contributed by atoms with Crippen molar-refractivity contribution in [3.8, 4) is 0 Å². The number of piperazine rings is 1. The van der Waals surface area contributed by atoms with Crippen molar-refractivity contribution in [3.63, 3.8) is 0 Å². The van der Waals surface area contributed by atoms with Crippen LogP contribution in [0, 0.1) is 5.92 Å². The van der Waals surface area contributed by atoms with Crippen LogP contribution in [0.15, 0.2) is 17.5 Å². The standard InChI is InChI=1S/C18H27N5S/c1-13-10-22(11-14(2)21(13)3)18-20-19-17(9-15-6-7-15)23(18)12-16-5-4-8-24-16/h4-5,8,13-15H,6-7,9-12H2,1-3H3/t13-,14+. The van der Waals surface area contributed by atoms with Gasteiger partial charge in [0.05, 0.1) is 6.54 Å². The SMILES string of the molecule is C[C@@H]1CN(c2nnc(CC3CC3)n2Cc2cccs2)C[C@H](C)N1C. The first-order valence-corrected chi connectivity index (χ1v) is 9.91. The average Bonchev–Trinajstić information content (AvgIpc) is 3.06. The molecule has 1 saturated heterocycles. The van der Waals surface area contributed by atoms with Crippen molar-refractivity contribution in [1.29, 1.82) is 0 Å². The van der Waals surface area contributed by atoms with Crippen LogP contribution in [0.1, 0.15) is 37.4 Å². The number of likely N-dealkylation sites (N-methyl/N-ethyl adjacent to an activating group) is 1. The van der Waals surface area contributed by atoms with Crippen LogP contribution in [0.3, 0.4) is 0 Å². The molecule has 0 amide bonds. The highest BCUT2D eigenvalue weighted by Crippen LogP contribution is 2.33. The molecule has 130 valence electrons. The molecular weight excluding hydrogens is 318 g/mol. The zero-order valence-corrected chi connectivity index (χ0v) is 15.7. The number of thiophene rings is 1. The second-order valence-electron chi connectivity index (χ2n) is 7.50. The van der Waals surface area contributed by atoms with Crippen LogP contribution in [0.25, 0.3) is 0 Å². The highest BCUT2D eigenvalue weighted by molar-refractivity contribution is 7.09. The Balaban J connectivity index is 1.62. The molecule has 1 aliphatic carbocycles. The Morgan fingerprint density at radius 1 is 1.17 bits per heavy atom. The van der Waals surface area contributed by atoms with E-state index in [-0.39, 0.29) is 0 Å². The van der Waals surface area contributed by atoms with Gasteiger partial charge in [0.15, 0.2) is 0 Å². The summed E-state index contributed by atoms with van der Waals surface area (Å²) in [6, 6.07) is 5.41. The molecule has 0 unspecified atom stereocenters. The van der Waals surface area contributed by atoms with Gasteiger partial charge in [-0.3, -0.25) is 9.47 Å². The maximum Gasteiger partial charge on any atom is 0.227 e. The van der Waals surface area contributed by atoms with E-state index in [1.54, 1.807) is 0 Å². The molecule has 2 aliphatic rings. The van der Waals surface area contributed by atoms with Crippen molar-refractivity contribution in [3.05, 3.63) is 28.2 Å². The van der Waals surface area contributed by atoms with Crippen LogP contribution in [0.2, 0.25) is 0 Å². The van der Waals surface area contributed by atoms with Crippen LogP contribution < -0.4 is 4.90 Å². The third kappa shape index (κ3) is 3.22. The number of hydrogen-bond donors (Lipinski definition) is 0. The highest BCUT2D eigenvalue weighted by Gasteiger charge is 2.31. The van der Waals surface area contributed by atoms with Crippen molar-refractivity contribution in [2.45, 2.75) is 51.7 Å². The summed E-state index contributed by atoms with van der Waals surface area (Å²) in [4.78, 5) is 6.27. The quantitative estimate of drug-likeness (QED) is 0.835. The van der Waals surface area contributed by atoms with Crippen LogP contribution >= 0.6 is 11.3 Å². The van der Waals surface area contributed by atoms with Crippen LogP contribution in [-0.4, -0.2) is 51.9 Å². The molecular formula is C18H27N5S. The molecule has 0 N–H and O–H groups in total. The average molecular weight is 346 g/mol. The highest BCUT2D eigenvalue weighted by atomic mass is 32.1. The van der Waals surface area contributed by atoms with Gasteiger partial charge < -0.3 is 4.90 Å². The number of rotatable bonds is 5. The second-order valence-corrected chi connectivity index (χ2v) is 8.53. The summed E-state index contributed by atoms with van der Waals surface area (Å²) in [6.45, 7) is 7.54. The van der Waals surface area contributed by atoms with E-state index < -0.39 is 0 Å². The normalized spacial score (nSPS) is 25.4. The maximum absolute atomic E-state index is 4.62. The number of aromatic nitrogens is 3. The van der Waals surface area contributed by atoms with E-state index in [2.05, 4.69) is 63.0 Å². The third-order valence-electron chi connectivity index (χ3n) is 5.51. The van der Waals surface area contributed by atoms with Crippen molar-refractivity contribution < 1.29 is 0 Å². The van der Waals surface area contributed by atoms with Gasteiger partial charge in [0.2, 0.25) is 5.95 Å². The van der Waals surface area contributed by atoms with E-state index in [1.165, 1.54) is 23.5 Å². The fourth-order valence-electron chi connectivity index (χ4n) is 3.58. The first-order valence-electron chi connectivity index (χ1n) is 9.03. The first kappa shape index (κ1) is 16.1. The molecule has 6 heteroatoms. The zero-order valence-electron chi connectivity index (χ0n) is 14.9. The fourth-order valence-corrected chi connectivity index (χ4v) is 4.27. The summed E-state index contributed by atoms with van der Waals surface area (Å²) in [7, 11) is 2.22. The predicted molar refractivity (Wildman–Crippen MR) is 98.8 cm³/mol. The van der Waals surface area contributed by atoms with E-state index in [4.69, 9.17) is 0 Å². The summed E-state index contributed by atoms with van der Waals surface area (Å²) in [5, 5.41) is 11.4. The largest absolute Gasteiger partial charge is 0.338 e. The lowest BCUT2D eigenvalue weighted by atomic mass is 10.1. The summed E-state index contributed by atoms with van der Waals surface area (Å²) < 4.78 is 2.37. The molecule has 2 aromatic heterocycles. The van der Waals surface area contributed by atoms with Gasteiger partial charge in [-0.25, -0.2) is 0 Å². The molecule has 1 saturated carbocycles. The van der Waals surface area contributed by atoms with Gasteiger partial charge in [0, 0.05) is 36.5 Å². The minimum absolute atomic E-state index is 0.535. The van der Waals surface area contributed by atoms with E-state index in [0.717, 1.165) is 37.9 Å². The predicted octanol–water partition coefficient (Wildman–Crippen LogP) is 2.87. The van der Waals surface area contributed by atoms with Gasteiger partial charge in [0.1, 0.15) is 5.82 Å². The molecule has 2 atom stereocenters. The number of nitrogens with zero attached hydrogens (tertiary/aromatic N) is 5. The molecule has 1 aliphatic heterocycles. The lowest BCUT2D eigenvalue weighted by Gasteiger charge is -2.42. The second kappa shape index (κ2) is 6.48. The van der Waals surface area contributed by atoms with Crippen molar-refractivity contribution in [2.75, 3.05) is 25.0 Å². The topological polar surface area (TPSA) is 37.2 Å². The summed E-state index contributed by atoms with van der Waals surface area (Å²) >= 11 is 1.82. The van der Waals surface area contributed by atoms with E-state index in [0.29, 0.717) is 12.1 Å². The maximum atomic E-state index is 4.62. The lowest BCUT2D eigenvalue weighted by Crippen LogP contribution is -2.55. The smallest absolute Gasteiger partial charge is 0.227 e. The third-order valence-corrected chi connectivity index (χ3v) is 6.37. The monoisotopic (exact) mass is 345 g/mol. The molecule has 0 radical (unpaired) electrons.